The van der Waals surface area contributed by atoms with E-state index in [4.69, 9.17) is 24.2 Å². The smallest absolute Gasteiger partial charge is 0.416 e. The highest BCUT2D eigenvalue weighted by molar-refractivity contribution is 7.59. The van der Waals surface area contributed by atoms with Crippen molar-refractivity contribution in [3.8, 4) is 22.9 Å². The van der Waals surface area contributed by atoms with Crippen LogP contribution < -0.4 is 25.4 Å². The zero-order chi connectivity index (χ0) is 46.8. The van der Waals surface area contributed by atoms with Gasteiger partial charge in [0, 0.05) is 35.4 Å². The van der Waals surface area contributed by atoms with Crippen LogP contribution in [0.2, 0.25) is 0 Å². The van der Waals surface area contributed by atoms with Gasteiger partial charge in [0.05, 0.1) is 36.6 Å². The number of amides is 3. The van der Waals surface area contributed by atoms with Gasteiger partial charge in [0.25, 0.3) is 0 Å². The molecule has 0 radical (unpaired) electrons. The van der Waals surface area contributed by atoms with Gasteiger partial charge < -0.3 is 40.0 Å². The van der Waals surface area contributed by atoms with Crippen molar-refractivity contribution < 1.29 is 51.2 Å². The summed E-state index contributed by atoms with van der Waals surface area (Å²) in [6.45, 7) is 3.93. The highest BCUT2D eigenvalue weighted by Crippen LogP contribution is 2.72. The van der Waals surface area contributed by atoms with Crippen LogP contribution >= 0.6 is 18.7 Å². The fourth-order valence-corrected chi connectivity index (χ4v) is 13.1. The maximum atomic E-state index is 14.9. The molecule has 4 aliphatic rings. The predicted octanol–water partition coefficient (Wildman–Crippen LogP) is 9.64. The molecule has 2 aliphatic carbocycles. The van der Waals surface area contributed by atoms with Crippen LogP contribution in [0.4, 0.5) is 23.1 Å². The lowest BCUT2D eigenvalue weighted by Gasteiger charge is -2.31. The van der Waals surface area contributed by atoms with Crippen molar-refractivity contribution in [3.05, 3.63) is 65.0 Å². The molecule has 8 rings (SSSR count). The highest BCUT2D eigenvalue weighted by Gasteiger charge is 2.66. The summed E-state index contributed by atoms with van der Waals surface area (Å²) in [5, 5.41) is 10.5. The van der Waals surface area contributed by atoms with Crippen LogP contribution in [0.25, 0.3) is 22.3 Å². The van der Waals surface area contributed by atoms with Gasteiger partial charge in [-0.2, -0.15) is 13.2 Å². The molecule has 66 heavy (non-hydrogen) atoms. The average Bonchev–Trinajstić information content (AvgIpc) is 3.68. The molecule has 2 saturated heterocycles. The summed E-state index contributed by atoms with van der Waals surface area (Å²) in [5.74, 6) is -0.771. The number of hydrogen-bond acceptors (Lipinski definition) is 11. The van der Waals surface area contributed by atoms with Gasteiger partial charge in [-0.15, -0.1) is 11.3 Å². The Kier molecular flexibility index (Phi) is 14.2. The van der Waals surface area contributed by atoms with Crippen LogP contribution in [0.3, 0.4) is 0 Å². The second kappa shape index (κ2) is 19.7. The lowest BCUT2D eigenvalue weighted by atomic mass is 10.0. The van der Waals surface area contributed by atoms with E-state index < -0.39 is 72.6 Å². The number of pyridine rings is 1. The number of nitrogens with zero attached hydrogens (tertiary/aromatic N) is 3. The maximum absolute atomic E-state index is 14.9. The first-order valence-electron chi connectivity index (χ1n) is 23.0. The highest BCUT2D eigenvalue weighted by atomic mass is 32.1. The fraction of sp³-hybridized carbons (Fsp3) is 0.553. The standard InChI is InChI=1S/C47H58F3N6O8PS/c1-28(2)51-44-53-39(27-66-44)38-23-41(34-20-19-32(62-3)21-37(34)52-38)63-33-22-40-42(57)55-46(65(60,61)26-29-13-9-12-17-35(29)47(48,49)50)24-30(46)14-7-5-4-6-8-18-36(43(58)56(40)25-33)54-45(59)64-31-15-10-11-16-31/h9,12-13,17,19-21,23,27-28,30-31,33,36,40H,4-8,10-11,14-16,18,22,24-26H2,1-3H3,(H,51,53)(H,54,59)(H,55,57)(H,60,61)/t30-,33-,36+,40+,46+/m1/s1. The number of rotatable bonds is 11. The summed E-state index contributed by atoms with van der Waals surface area (Å²) in [5.41, 5.74) is 0.310. The first kappa shape index (κ1) is 47.6. The number of nitrogens with one attached hydrogen (secondary N) is 3. The Morgan fingerprint density at radius 1 is 0.985 bits per heavy atom. The van der Waals surface area contributed by atoms with Gasteiger partial charge in [-0.1, -0.05) is 50.3 Å². The number of thiazole rings is 1. The normalized spacial score (nSPS) is 25.2. The van der Waals surface area contributed by atoms with Crippen LogP contribution in [0.1, 0.15) is 108 Å². The van der Waals surface area contributed by atoms with Crippen molar-refractivity contribution in [3.63, 3.8) is 0 Å². The zero-order valence-corrected chi connectivity index (χ0v) is 39.1. The third-order valence-electron chi connectivity index (χ3n) is 13.3. The minimum absolute atomic E-state index is 0.0430. The van der Waals surface area contributed by atoms with E-state index >= 15 is 0 Å². The summed E-state index contributed by atoms with van der Waals surface area (Å²) in [6, 6.07) is 9.66. The van der Waals surface area contributed by atoms with Crippen LogP contribution in [0, 0.1) is 5.92 Å². The molecule has 4 fully saturated rings. The molecule has 19 heteroatoms. The summed E-state index contributed by atoms with van der Waals surface area (Å²) >= 11 is 1.43. The Morgan fingerprint density at radius 2 is 1.71 bits per heavy atom. The molecule has 2 aliphatic heterocycles. The Labute approximate surface area is 386 Å². The Balaban J connectivity index is 1.13. The molecular formula is C47H58F3N6O8PS. The molecule has 6 atom stereocenters. The molecule has 4 N–H and O–H groups in total. The second-order valence-electron chi connectivity index (χ2n) is 18.4. The summed E-state index contributed by atoms with van der Waals surface area (Å²) in [7, 11) is -3.05. The van der Waals surface area contributed by atoms with Gasteiger partial charge in [0.15, 0.2) is 5.13 Å². The fourth-order valence-electron chi connectivity index (χ4n) is 9.78. The number of halogens is 3. The number of benzene rings is 2. The van der Waals surface area contributed by atoms with E-state index in [-0.39, 0.29) is 43.5 Å². The van der Waals surface area contributed by atoms with E-state index in [1.165, 1.54) is 34.4 Å². The topological polar surface area (TPSA) is 181 Å². The summed E-state index contributed by atoms with van der Waals surface area (Å²) < 4.78 is 75.1. The molecule has 4 heterocycles. The summed E-state index contributed by atoms with van der Waals surface area (Å²) in [6.07, 6.45) is 0.401. The van der Waals surface area contributed by atoms with Crippen molar-refractivity contribution >= 4 is 52.6 Å². The molecular weight excluding hydrogens is 897 g/mol. The van der Waals surface area contributed by atoms with Crippen LogP contribution in [0.5, 0.6) is 11.5 Å². The number of aromatic nitrogens is 2. The van der Waals surface area contributed by atoms with E-state index in [1.54, 1.807) is 25.3 Å². The largest absolute Gasteiger partial charge is 0.497 e. The van der Waals surface area contributed by atoms with Crippen molar-refractivity contribution in [2.45, 2.75) is 145 Å². The Morgan fingerprint density at radius 3 is 2.45 bits per heavy atom. The number of alkyl halides is 3. The molecule has 1 unspecified atom stereocenters. The van der Waals surface area contributed by atoms with Gasteiger partial charge in [0.1, 0.15) is 46.8 Å². The third-order valence-corrected chi connectivity index (χ3v) is 16.7. The monoisotopic (exact) mass is 954 g/mol. The summed E-state index contributed by atoms with van der Waals surface area (Å²) in [4.78, 5) is 66.1. The van der Waals surface area contributed by atoms with Crippen molar-refractivity contribution in [1.82, 2.24) is 25.5 Å². The lowest BCUT2D eigenvalue weighted by Crippen LogP contribution is -2.55. The first-order chi connectivity index (χ1) is 31.5. The maximum Gasteiger partial charge on any atom is 0.416 e. The molecule has 3 amide bonds. The molecule has 0 bridgehead atoms. The van der Waals surface area contributed by atoms with E-state index in [1.807, 2.05) is 25.3 Å². The van der Waals surface area contributed by atoms with Crippen molar-refractivity contribution in [2.75, 3.05) is 19.0 Å². The Hall–Kier alpha value is -4.93. The molecule has 4 aromatic rings. The minimum atomic E-state index is -4.77. The number of methoxy groups -OCH3 is 1. The molecule has 2 aromatic carbocycles. The zero-order valence-electron chi connectivity index (χ0n) is 37.4. The number of alkyl carbamates (subject to hydrolysis) is 1. The van der Waals surface area contributed by atoms with Gasteiger partial charge in [0.2, 0.25) is 19.2 Å². The van der Waals surface area contributed by atoms with Crippen molar-refractivity contribution in [1.29, 1.82) is 0 Å². The molecule has 2 aromatic heterocycles. The van der Waals surface area contributed by atoms with Crippen molar-refractivity contribution in [2.24, 2.45) is 5.92 Å². The van der Waals surface area contributed by atoms with E-state index in [9.17, 15) is 37.0 Å². The van der Waals surface area contributed by atoms with Crippen LogP contribution in [-0.4, -0.2) is 86.9 Å². The van der Waals surface area contributed by atoms with E-state index in [0.717, 1.165) is 51.0 Å². The number of carbonyl (C=O) groups excluding carboxylic acids is 3. The molecule has 2 saturated carbocycles. The number of anilines is 1. The second-order valence-corrected chi connectivity index (χ2v) is 21.8. The quantitative estimate of drug-likeness (QED) is 0.105. The predicted molar refractivity (Wildman–Crippen MR) is 245 cm³/mol. The van der Waals surface area contributed by atoms with Gasteiger partial charge >= 0.3 is 12.3 Å². The van der Waals surface area contributed by atoms with Gasteiger partial charge in [-0.25, -0.2) is 14.8 Å². The van der Waals surface area contributed by atoms with E-state index in [2.05, 4.69) is 16.0 Å². The molecule has 0 spiro atoms. The van der Waals surface area contributed by atoms with E-state index in [0.29, 0.717) is 58.2 Å². The van der Waals surface area contributed by atoms with Crippen LogP contribution in [-0.2, 0) is 31.2 Å². The number of carbonyl (C=O) groups is 3. The number of ether oxygens (including phenoxy) is 3. The van der Waals surface area contributed by atoms with Crippen LogP contribution in [0.15, 0.2) is 53.9 Å². The minimum Gasteiger partial charge on any atom is -0.497 e. The lowest BCUT2D eigenvalue weighted by molar-refractivity contribution is -0.140. The SMILES string of the molecule is COc1ccc2c(O[C@@H]3C[C@H]4C(=O)N[C@]5(P(=O)(O)Cc6ccccc6C(F)(F)F)C[C@H]5CCCCCCC[C@H](NC(=O)OC5CCCC5)C(=O)N4C3)cc(-c3csc(NC(C)C)n3)nc2c1. The van der Waals surface area contributed by atoms with Gasteiger partial charge in [-0.3, -0.25) is 14.2 Å². The molecule has 356 valence electrons. The first-order valence-corrected chi connectivity index (χ1v) is 25.7. The third kappa shape index (κ3) is 10.6. The van der Waals surface area contributed by atoms with Gasteiger partial charge in [-0.05, 0) is 88.5 Å². The number of fused-ring (bicyclic) bond motifs is 3. The number of hydrogen-bond donors (Lipinski definition) is 4. The molecule has 14 nitrogen and oxygen atoms in total. The average molecular weight is 955 g/mol. The Bertz CT molecular complexity index is 2470.